The van der Waals surface area contributed by atoms with Crippen LogP contribution >= 0.6 is 0 Å². The highest BCUT2D eigenvalue weighted by molar-refractivity contribution is 6.42. The van der Waals surface area contributed by atoms with E-state index in [1.807, 2.05) is 24.3 Å². The molecule has 1 saturated heterocycles. The molecule has 2 unspecified atom stereocenters. The molecule has 2 fully saturated rings. The average Bonchev–Trinajstić information content (AvgIpc) is 3.59. The Kier molecular flexibility index (Phi) is 7.63. The lowest BCUT2D eigenvalue weighted by atomic mass is 10.00. The summed E-state index contributed by atoms with van der Waals surface area (Å²) in [7, 11) is 0. The Morgan fingerprint density at radius 1 is 0.919 bits per heavy atom. The van der Waals surface area contributed by atoms with Gasteiger partial charge in [-0.05, 0) is 79.7 Å². The first kappa shape index (κ1) is 25.1. The summed E-state index contributed by atoms with van der Waals surface area (Å²) in [6, 6.07) is 19.3. The van der Waals surface area contributed by atoms with Gasteiger partial charge in [0.2, 0.25) is 5.78 Å². The Hall–Kier alpha value is -3.55. The fourth-order valence-electron chi connectivity index (χ4n) is 4.64. The van der Waals surface area contributed by atoms with Gasteiger partial charge in [-0.15, -0.1) is 0 Å². The number of Topliss-reactive ketones (excluding diaryl/α,β-unsaturated/α-hetero) is 1. The molecule has 1 amide bonds. The fourth-order valence-corrected chi connectivity index (χ4v) is 4.64. The number of nitrogens with one attached hydrogen (secondary N) is 1. The molecule has 2 N–H and O–H groups in total. The molecule has 0 radical (unpaired) electrons. The minimum Gasteiger partial charge on any atom is -0.490 e. The van der Waals surface area contributed by atoms with Gasteiger partial charge in [-0.25, -0.2) is 4.39 Å². The van der Waals surface area contributed by atoms with Crippen LogP contribution < -0.4 is 10.1 Å². The van der Waals surface area contributed by atoms with Gasteiger partial charge >= 0.3 is 0 Å². The van der Waals surface area contributed by atoms with Crippen LogP contribution in [0.4, 0.5) is 4.39 Å². The van der Waals surface area contributed by atoms with E-state index in [1.165, 1.54) is 12.1 Å². The highest BCUT2D eigenvalue weighted by Crippen LogP contribution is 2.28. The maximum atomic E-state index is 13.2. The molecule has 2 atom stereocenters. The number of amides is 1. The third kappa shape index (κ3) is 6.42. The van der Waals surface area contributed by atoms with E-state index in [4.69, 9.17) is 4.74 Å². The number of ether oxygens (including phenoxy) is 1. The highest BCUT2D eigenvalue weighted by Gasteiger charge is 2.29. The van der Waals surface area contributed by atoms with E-state index in [1.54, 1.807) is 36.4 Å². The number of carbonyl (C=O) groups excluding carboxylic acids is 2. The normalized spacial score (nSPS) is 17.2. The maximum Gasteiger partial charge on any atom is 0.292 e. The summed E-state index contributed by atoms with van der Waals surface area (Å²) in [5, 5.41) is 14.0. The van der Waals surface area contributed by atoms with E-state index in [0.29, 0.717) is 12.1 Å². The zero-order chi connectivity index (χ0) is 25.8. The standard InChI is InChI=1S/C30H31FN2O4/c31-24-11-7-21(8-12-24)20-3-5-23(6-4-20)29(35)30(36)32-27(19-33-17-1-2-18-33)28(34)22-9-13-25(14-10-22)37-26-15-16-26/h3-14,26-28,34H,1-2,15-19H2,(H,32,36). The Morgan fingerprint density at radius 3 is 2.11 bits per heavy atom. The molecule has 3 aromatic carbocycles. The van der Waals surface area contributed by atoms with Crippen molar-refractivity contribution in [3.8, 4) is 16.9 Å². The molecule has 1 heterocycles. The summed E-state index contributed by atoms with van der Waals surface area (Å²) < 4.78 is 19.0. The number of hydrogen-bond donors (Lipinski definition) is 2. The minimum atomic E-state index is -0.979. The van der Waals surface area contributed by atoms with Gasteiger partial charge in [0.25, 0.3) is 5.91 Å². The monoisotopic (exact) mass is 502 g/mol. The first-order valence-corrected chi connectivity index (χ1v) is 12.8. The summed E-state index contributed by atoms with van der Waals surface area (Å²) in [6.45, 7) is 2.24. The van der Waals surface area contributed by atoms with Crippen molar-refractivity contribution in [1.82, 2.24) is 10.2 Å². The number of halogens is 1. The van der Waals surface area contributed by atoms with E-state index >= 15 is 0 Å². The second-order valence-corrected chi connectivity index (χ2v) is 9.83. The molecule has 192 valence electrons. The van der Waals surface area contributed by atoms with Crippen LogP contribution in [0.25, 0.3) is 11.1 Å². The van der Waals surface area contributed by atoms with Crippen molar-refractivity contribution in [2.75, 3.05) is 19.6 Å². The molecule has 7 heteroatoms. The summed E-state index contributed by atoms with van der Waals surface area (Å²) in [5.74, 6) is -0.984. The number of carbonyl (C=O) groups is 2. The van der Waals surface area contributed by atoms with Gasteiger partial charge in [0.05, 0.1) is 12.1 Å². The zero-order valence-corrected chi connectivity index (χ0v) is 20.6. The van der Waals surface area contributed by atoms with Crippen LogP contribution in [0.3, 0.4) is 0 Å². The third-order valence-electron chi connectivity index (χ3n) is 6.93. The minimum absolute atomic E-state index is 0.249. The van der Waals surface area contributed by atoms with Gasteiger partial charge in [0, 0.05) is 12.1 Å². The molecule has 6 nitrogen and oxygen atoms in total. The van der Waals surface area contributed by atoms with E-state index < -0.39 is 23.8 Å². The van der Waals surface area contributed by atoms with Gasteiger partial charge in [-0.3, -0.25) is 9.59 Å². The van der Waals surface area contributed by atoms with Crippen LogP contribution in [0.5, 0.6) is 5.75 Å². The molecule has 0 aromatic heterocycles. The number of nitrogens with zero attached hydrogens (tertiary/aromatic N) is 1. The van der Waals surface area contributed by atoms with Crippen molar-refractivity contribution >= 4 is 11.7 Å². The molecule has 1 saturated carbocycles. The van der Waals surface area contributed by atoms with Crippen molar-refractivity contribution in [1.29, 1.82) is 0 Å². The van der Waals surface area contributed by atoms with Gasteiger partial charge in [-0.2, -0.15) is 0 Å². The van der Waals surface area contributed by atoms with Crippen molar-refractivity contribution < 1.29 is 23.8 Å². The second-order valence-electron chi connectivity index (χ2n) is 9.83. The van der Waals surface area contributed by atoms with Crippen LogP contribution in [0.1, 0.15) is 47.7 Å². The van der Waals surface area contributed by atoms with Crippen LogP contribution in [0.2, 0.25) is 0 Å². The second kappa shape index (κ2) is 11.2. The molecule has 0 bridgehead atoms. The number of benzene rings is 3. The summed E-state index contributed by atoms with van der Waals surface area (Å²) in [6.07, 6.45) is 3.59. The number of aliphatic hydroxyl groups is 1. The quantitative estimate of drug-likeness (QED) is 0.315. The van der Waals surface area contributed by atoms with E-state index in [0.717, 1.165) is 55.6 Å². The predicted molar refractivity (Wildman–Crippen MR) is 139 cm³/mol. The van der Waals surface area contributed by atoms with Gasteiger partial charge in [0.15, 0.2) is 0 Å². The van der Waals surface area contributed by atoms with E-state index in [2.05, 4.69) is 10.2 Å². The first-order valence-electron chi connectivity index (χ1n) is 12.8. The molecule has 2 aliphatic rings. The van der Waals surface area contributed by atoms with E-state index in [-0.39, 0.29) is 17.5 Å². The lowest BCUT2D eigenvalue weighted by molar-refractivity contribution is -0.118. The number of hydrogen-bond acceptors (Lipinski definition) is 5. The molecule has 1 aliphatic heterocycles. The molecular weight excluding hydrogens is 471 g/mol. The van der Waals surface area contributed by atoms with Crippen molar-refractivity contribution in [2.45, 2.75) is 43.9 Å². The molecular formula is C30H31FN2O4. The van der Waals surface area contributed by atoms with Gasteiger partial charge in [-0.1, -0.05) is 48.5 Å². The average molecular weight is 503 g/mol. The predicted octanol–water partition coefficient (Wildman–Crippen LogP) is 4.53. The lowest BCUT2D eigenvalue weighted by Crippen LogP contribution is -2.48. The first-order chi connectivity index (χ1) is 18.0. The van der Waals surface area contributed by atoms with Crippen molar-refractivity contribution in [2.24, 2.45) is 0 Å². The van der Waals surface area contributed by atoms with Crippen molar-refractivity contribution in [3.63, 3.8) is 0 Å². The summed E-state index contributed by atoms with van der Waals surface area (Å²) >= 11 is 0. The smallest absolute Gasteiger partial charge is 0.292 e. The molecule has 5 rings (SSSR count). The highest BCUT2D eigenvalue weighted by atomic mass is 19.1. The topological polar surface area (TPSA) is 78.9 Å². The van der Waals surface area contributed by atoms with Crippen LogP contribution in [0.15, 0.2) is 72.8 Å². The SMILES string of the molecule is O=C(NC(CN1CCCC1)C(O)c1ccc(OC2CC2)cc1)C(=O)c1ccc(-c2ccc(F)cc2)cc1. The molecule has 3 aromatic rings. The number of aliphatic hydroxyl groups excluding tert-OH is 1. The lowest BCUT2D eigenvalue weighted by Gasteiger charge is -2.28. The Labute approximate surface area is 216 Å². The third-order valence-corrected chi connectivity index (χ3v) is 6.93. The van der Waals surface area contributed by atoms with Gasteiger partial charge in [0.1, 0.15) is 17.7 Å². The Balaban J connectivity index is 1.27. The molecule has 1 aliphatic carbocycles. The fraction of sp³-hybridized carbons (Fsp3) is 0.333. The largest absolute Gasteiger partial charge is 0.490 e. The van der Waals surface area contributed by atoms with Crippen molar-refractivity contribution in [3.05, 3.63) is 89.7 Å². The molecule has 0 spiro atoms. The Bertz CT molecular complexity index is 1220. The van der Waals surface area contributed by atoms with Crippen LogP contribution in [-0.2, 0) is 4.79 Å². The molecule has 37 heavy (non-hydrogen) atoms. The van der Waals surface area contributed by atoms with E-state index in [9.17, 15) is 19.1 Å². The summed E-state index contributed by atoms with van der Waals surface area (Å²) in [4.78, 5) is 28.1. The maximum absolute atomic E-state index is 13.2. The van der Waals surface area contributed by atoms with Crippen LogP contribution in [0, 0.1) is 5.82 Å². The zero-order valence-electron chi connectivity index (χ0n) is 20.6. The number of likely N-dealkylation sites (tertiary alicyclic amines) is 1. The van der Waals surface area contributed by atoms with Crippen LogP contribution in [-0.4, -0.2) is 53.5 Å². The number of rotatable bonds is 10. The number of ketones is 1. The summed E-state index contributed by atoms with van der Waals surface area (Å²) in [5.41, 5.74) is 2.53. The van der Waals surface area contributed by atoms with Gasteiger partial charge < -0.3 is 20.1 Å². The Morgan fingerprint density at radius 2 is 1.51 bits per heavy atom.